The highest BCUT2D eigenvalue weighted by Crippen LogP contribution is 2.42. The zero-order chi connectivity index (χ0) is 14.9. The smallest absolute Gasteiger partial charge is 0.195 e. The van der Waals surface area contributed by atoms with Crippen LogP contribution in [0.3, 0.4) is 0 Å². The lowest BCUT2D eigenvalue weighted by atomic mass is 9.94. The van der Waals surface area contributed by atoms with Crippen molar-refractivity contribution in [2.45, 2.75) is 63.2 Å². The Labute approximate surface area is 140 Å². The molecule has 4 rings (SSSR count). The van der Waals surface area contributed by atoms with Gasteiger partial charge in [0.05, 0.1) is 0 Å². The molecule has 1 nitrogen and oxygen atoms in total. The van der Waals surface area contributed by atoms with E-state index in [4.69, 9.17) is 0 Å². The Kier molecular flexibility index (Phi) is 4.19. The molecular weight excluding hydrogens is 308 g/mol. The largest absolute Gasteiger partial charge is 0.289 e. The summed E-state index contributed by atoms with van der Waals surface area (Å²) in [6.07, 6.45) is 10.3. The Hall–Kier alpha value is -0.930. The maximum atomic E-state index is 13.1. The van der Waals surface area contributed by atoms with Gasteiger partial charge in [-0.3, -0.25) is 4.79 Å². The quantitative estimate of drug-likeness (QED) is 0.596. The second-order valence-electron chi connectivity index (χ2n) is 6.69. The zero-order valence-corrected chi connectivity index (χ0v) is 14.5. The number of ketones is 1. The number of carbonyl (C=O) groups excluding carboxylic acids is 1. The highest BCUT2D eigenvalue weighted by molar-refractivity contribution is 7.11. The van der Waals surface area contributed by atoms with Crippen LogP contribution in [-0.4, -0.2) is 5.78 Å². The minimum absolute atomic E-state index is 0.284. The van der Waals surface area contributed by atoms with Crippen molar-refractivity contribution in [2.24, 2.45) is 0 Å². The summed E-state index contributed by atoms with van der Waals surface area (Å²) in [4.78, 5) is 15.8. The lowest BCUT2D eigenvalue weighted by Crippen LogP contribution is -2.07. The minimum Gasteiger partial charge on any atom is -0.289 e. The van der Waals surface area contributed by atoms with Gasteiger partial charge in [0.25, 0.3) is 0 Å². The molecule has 116 valence electrons. The summed E-state index contributed by atoms with van der Waals surface area (Å²) >= 11 is 3.59. The third kappa shape index (κ3) is 2.59. The van der Waals surface area contributed by atoms with Crippen molar-refractivity contribution < 1.29 is 4.79 Å². The van der Waals surface area contributed by atoms with Crippen LogP contribution >= 0.6 is 22.7 Å². The maximum absolute atomic E-state index is 13.1. The Morgan fingerprint density at radius 3 is 1.59 bits per heavy atom. The molecule has 22 heavy (non-hydrogen) atoms. The van der Waals surface area contributed by atoms with Crippen LogP contribution in [0.1, 0.15) is 88.9 Å². The molecule has 3 heteroatoms. The van der Waals surface area contributed by atoms with E-state index in [9.17, 15) is 4.79 Å². The van der Waals surface area contributed by atoms with Gasteiger partial charge in [0, 0.05) is 20.9 Å². The summed E-state index contributed by atoms with van der Waals surface area (Å²) in [6, 6.07) is 4.13. The lowest BCUT2D eigenvalue weighted by Gasteiger charge is -2.12. The molecule has 0 atom stereocenters. The first-order valence-electron chi connectivity index (χ1n) is 8.54. The first-order chi connectivity index (χ1) is 10.8. The molecule has 2 aromatic heterocycles. The van der Waals surface area contributed by atoms with E-state index >= 15 is 0 Å². The maximum Gasteiger partial charge on any atom is 0.195 e. The van der Waals surface area contributed by atoms with Crippen molar-refractivity contribution in [2.75, 3.05) is 0 Å². The van der Waals surface area contributed by atoms with Gasteiger partial charge in [-0.2, -0.15) is 0 Å². The van der Waals surface area contributed by atoms with Gasteiger partial charge in [-0.25, -0.2) is 0 Å². The normalized spacial score (nSPS) is 20.0. The van der Waals surface area contributed by atoms with E-state index in [0.29, 0.717) is 11.8 Å². The second kappa shape index (κ2) is 6.29. The van der Waals surface area contributed by atoms with E-state index in [-0.39, 0.29) is 5.78 Å². The number of hydrogen-bond donors (Lipinski definition) is 0. The van der Waals surface area contributed by atoms with Gasteiger partial charge >= 0.3 is 0 Å². The second-order valence-corrected chi connectivity index (χ2v) is 8.58. The Balaban J connectivity index is 1.65. The van der Waals surface area contributed by atoms with E-state index in [1.807, 2.05) is 0 Å². The molecule has 2 aliphatic carbocycles. The molecule has 2 saturated carbocycles. The summed E-state index contributed by atoms with van der Waals surface area (Å²) in [6.45, 7) is 0. The van der Waals surface area contributed by atoms with E-state index < -0.39 is 0 Å². The zero-order valence-electron chi connectivity index (χ0n) is 12.8. The van der Waals surface area contributed by atoms with E-state index in [2.05, 4.69) is 22.9 Å². The van der Waals surface area contributed by atoms with Crippen LogP contribution in [0, 0.1) is 0 Å². The Morgan fingerprint density at radius 1 is 0.773 bits per heavy atom. The predicted octanol–water partition coefficient (Wildman–Crippen LogP) is 6.36. The van der Waals surface area contributed by atoms with E-state index in [1.165, 1.54) is 61.1 Å². The molecule has 0 N–H and O–H groups in total. The van der Waals surface area contributed by atoms with Crippen molar-refractivity contribution in [1.82, 2.24) is 0 Å². The molecule has 0 aliphatic heterocycles. The SMILES string of the molecule is O=C(c1ccsc1C1CCCC1)c1ccsc1C1CCCC1. The van der Waals surface area contributed by atoms with Gasteiger partial charge in [0.2, 0.25) is 0 Å². The summed E-state index contributed by atoms with van der Waals surface area (Å²) in [7, 11) is 0. The first kappa shape index (κ1) is 14.6. The molecule has 0 bridgehead atoms. The van der Waals surface area contributed by atoms with Crippen LogP contribution in [0.2, 0.25) is 0 Å². The molecule has 2 heterocycles. The Morgan fingerprint density at radius 2 is 1.18 bits per heavy atom. The van der Waals surface area contributed by atoms with Crippen LogP contribution in [0.4, 0.5) is 0 Å². The molecule has 0 radical (unpaired) electrons. The average molecular weight is 331 g/mol. The van der Waals surface area contributed by atoms with Crippen molar-refractivity contribution >= 4 is 28.5 Å². The molecule has 2 aliphatic rings. The summed E-state index contributed by atoms with van der Waals surface area (Å²) in [5, 5.41) is 4.23. The fraction of sp³-hybridized carbons (Fsp3) is 0.526. The highest BCUT2D eigenvalue weighted by atomic mass is 32.1. The fourth-order valence-electron chi connectivity index (χ4n) is 4.17. The molecule has 0 aromatic carbocycles. The summed E-state index contributed by atoms with van der Waals surface area (Å²) in [5.41, 5.74) is 1.99. The van der Waals surface area contributed by atoms with Gasteiger partial charge in [0.15, 0.2) is 5.78 Å². The van der Waals surface area contributed by atoms with Crippen molar-refractivity contribution in [3.63, 3.8) is 0 Å². The third-order valence-electron chi connectivity index (χ3n) is 5.33. The number of rotatable bonds is 4. The van der Waals surface area contributed by atoms with Crippen LogP contribution in [0.25, 0.3) is 0 Å². The van der Waals surface area contributed by atoms with Gasteiger partial charge in [-0.05, 0) is 60.4 Å². The van der Waals surface area contributed by atoms with Crippen LogP contribution in [0.5, 0.6) is 0 Å². The third-order valence-corrected chi connectivity index (χ3v) is 7.49. The average Bonchev–Trinajstić information content (AvgIpc) is 3.35. The van der Waals surface area contributed by atoms with Crippen molar-refractivity contribution in [3.8, 4) is 0 Å². The monoisotopic (exact) mass is 330 g/mol. The lowest BCUT2D eigenvalue weighted by molar-refractivity contribution is 0.103. The number of thiophene rings is 2. The van der Waals surface area contributed by atoms with Crippen LogP contribution in [-0.2, 0) is 0 Å². The van der Waals surface area contributed by atoms with Gasteiger partial charge in [-0.15, -0.1) is 22.7 Å². The predicted molar refractivity (Wildman–Crippen MR) is 94.5 cm³/mol. The standard InChI is InChI=1S/C19H22OS2/c20-17(15-9-11-21-18(15)13-5-1-2-6-13)16-10-12-22-19(16)14-7-3-4-8-14/h9-14H,1-8H2. The summed E-state index contributed by atoms with van der Waals surface area (Å²) < 4.78 is 0. The molecular formula is C19H22OS2. The van der Waals surface area contributed by atoms with E-state index in [0.717, 1.165) is 11.1 Å². The van der Waals surface area contributed by atoms with Crippen molar-refractivity contribution in [1.29, 1.82) is 0 Å². The van der Waals surface area contributed by atoms with Gasteiger partial charge in [0.1, 0.15) is 0 Å². The first-order valence-corrected chi connectivity index (χ1v) is 10.3. The molecule has 2 aromatic rings. The van der Waals surface area contributed by atoms with Crippen molar-refractivity contribution in [3.05, 3.63) is 43.8 Å². The topological polar surface area (TPSA) is 17.1 Å². The number of hydrogen-bond acceptors (Lipinski definition) is 3. The molecule has 0 saturated heterocycles. The van der Waals surface area contributed by atoms with E-state index in [1.54, 1.807) is 22.7 Å². The van der Waals surface area contributed by atoms with Gasteiger partial charge in [-0.1, -0.05) is 25.7 Å². The fourth-order valence-corrected chi connectivity index (χ4v) is 6.30. The number of carbonyl (C=O) groups is 1. The van der Waals surface area contributed by atoms with Crippen LogP contribution in [0.15, 0.2) is 22.9 Å². The van der Waals surface area contributed by atoms with Crippen LogP contribution < -0.4 is 0 Å². The van der Waals surface area contributed by atoms with Gasteiger partial charge < -0.3 is 0 Å². The molecule has 2 fully saturated rings. The Bertz CT molecular complexity index is 598. The highest BCUT2D eigenvalue weighted by Gasteiger charge is 2.28. The molecule has 0 amide bonds. The molecule has 0 unspecified atom stereocenters. The summed E-state index contributed by atoms with van der Waals surface area (Å²) in [5.74, 6) is 1.55. The molecule has 0 spiro atoms. The minimum atomic E-state index is 0.284.